The second-order valence-corrected chi connectivity index (χ2v) is 5.66. The van der Waals surface area contributed by atoms with Crippen molar-refractivity contribution in [1.29, 1.82) is 0 Å². The fraction of sp³-hybridized carbons (Fsp3) is 0.529. The summed E-state index contributed by atoms with van der Waals surface area (Å²) in [6.07, 6.45) is 1.15. The molecule has 6 nitrogen and oxygen atoms in total. The number of rotatable bonds is 7. The van der Waals surface area contributed by atoms with Gasteiger partial charge in [0.15, 0.2) is 0 Å². The van der Waals surface area contributed by atoms with Gasteiger partial charge in [0.25, 0.3) is 0 Å². The molecule has 23 heavy (non-hydrogen) atoms. The first-order chi connectivity index (χ1) is 11.1. The van der Waals surface area contributed by atoms with Gasteiger partial charge < -0.3 is 15.4 Å². The highest BCUT2D eigenvalue weighted by Gasteiger charge is 2.21. The number of hydrogen-bond acceptors (Lipinski definition) is 4. The fourth-order valence-corrected chi connectivity index (χ4v) is 2.78. The van der Waals surface area contributed by atoms with Crippen molar-refractivity contribution < 1.29 is 14.3 Å². The molecule has 1 aromatic carbocycles. The first kappa shape index (κ1) is 17.3. The highest BCUT2D eigenvalue weighted by Crippen LogP contribution is 2.20. The van der Waals surface area contributed by atoms with Crippen LogP contribution in [-0.2, 0) is 16.0 Å². The number of para-hydroxylation sites is 1. The first-order valence-electron chi connectivity index (χ1n) is 8.09. The standard InChI is InChI=1S/C17H25N3O3/c1-2-23-15-6-4-3-5-14(15)7-8-17(22)20-11-9-19(10-12-20)13-16(18)21/h3-6H,2,7-13H2,1H3,(H2,18,21). The van der Waals surface area contributed by atoms with Crippen molar-refractivity contribution in [2.24, 2.45) is 5.73 Å². The fourth-order valence-electron chi connectivity index (χ4n) is 2.78. The van der Waals surface area contributed by atoms with Crippen molar-refractivity contribution >= 4 is 11.8 Å². The predicted molar refractivity (Wildman–Crippen MR) is 88.1 cm³/mol. The number of carbonyl (C=O) groups excluding carboxylic acids is 2. The van der Waals surface area contributed by atoms with E-state index in [1.165, 1.54) is 0 Å². The van der Waals surface area contributed by atoms with Gasteiger partial charge in [-0.05, 0) is 25.0 Å². The Morgan fingerprint density at radius 3 is 2.52 bits per heavy atom. The van der Waals surface area contributed by atoms with Gasteiger partial charge in [0, 0.05) is 32.6 Å². The Balaban J connectivity index is 1.81. The molecule has 0 saturated carbocycles. The number of carbonyl (C=O) groups is 2. The number of piperazine rings is 1. The number of nitrogens with zero attached hydrogens (tertiary/aromatic N) is 2. The van der Waals surface area contributed by atoms with Crippen LogP contribution in [0.3, 0.4) is 0 Å². The SMILES string of the molecule is CCOc1ccccc1CCC(=O)N1CCN(CC(N)=O)CC1. The van der Waals surface area contributed by atoms with Crippen LogP contribution in [0.2, 0.25) is 0 Å². The molecule has 1 aliphatic heterocycles. The van der Waals surface area contributed by atoms with Gasteiger partial charge in [0.05, 0.1) is 13.2 Å². The summed E-state index contributed by atoms with van der Waals surface area (Å²) in [6.45, 7) is 5.54. The van der Waals surface area contributed by atoms with Crippen LogP contribution < -0.4 is 10.5 Å². The zero-order valence-electron chi connectivity index (χ0n) is 13.7. The summed E-state index contributed by atoms with van der Waals surface area (Å²) in [5.74, 6) is 0.682. The van der Waals surface area contributed by atoms with Gasteiger partial charge >= 0.3 is 0 Å². The van der Waals surface area contributed by atoms with E-state index in [0.717, 1.165) is 11.3 Å². The lowest BCUT2D eigenvalue weighted by Gasteiger charge is -2.34. The van der Waals surface area contributed by atoms with E-state index in [0.29, 0.717) is 45.6 Å². The van der Waals surface area contributed by atoms with E-state index in [1.807, 2.05) is 41.0 Å². The molecular weight excluding hydrogens is 294 g/mol. The van der Waals surface area contributed by atoms with Gasteiger partial charge in [0.1, 0.15) is 5.75 Å². The number of amides is 2. The third-order valence-corrected chi connectivity index (χ3v) is 3.99. The number of benzene rings is 1. The Morgan fingerprint density at radius 2 is 1.87 bits per heavy atom. The van der Waals surface area contributed by atoms with Gasteiger partial charge in [-0.25, -0.2) is 0 Å². The lowest BCUT2D eigenvalue weighted by Crippen LogP contribution is -2.50. The molecule has 0 unspecified atom stereocenters. The van der Waals surface area contributed by atoms with Crippen LogP contribution in [0.15, 0.2) is 24.3 Å². The largest absolute Gasteiger partial charge is 0.494 e. The summed E-state index contributed by atoms with van der Waals surface area (Å²) in [6, 6.07) is 7.84. The minimum Gasteiger partial charge on any atom is -0.494 e. The van der Waals surface area contributed by atoms with Crippen LogP contribution in [0, 0.1) is 0 Å². The molecular formula is C17H25N3O3. The number of primary amides is 1. The maximum absolute atomic E-state index is 12.3. The van der Waals surface area contributed by atoms with Crippen molar-refractivity contribution in [2.45, 2.75) is 19.8 Å². The van der Waals surface area contributed by atoms with E-state index < -0.39 is 0 Å². The Kier molecular flexibility index (Phi) is 6.40. The molecule has 6 heteroatoms. The molecule has 0 radical (unpaired) electrons. The van der Waals surface area contributed by atoms with E-state index in [1.54, 1.807) is 0 Å². The van der Waals surface area contributed by atoms with Crippen LogP contribution in [0.1, 0.15) is 18.9 Å². The molecule has 1 aliphatic rings. The molecule has 126 valence electrons. The minimum atomic E-state index is -0.322. The van der Waals surface area contributed by atoms with E-state index in [4.69, 9.17) is 10.5 Å². The molecule has 2 rings (SSSR count). The molecule has 1 aromatic rings. The average Bonchev–Trinajstić information content (AvgIpc) is 2.54. The third kappa shape index (κ3) is 5.25. The Hall–Kier alpha value is -2.08. The summed E-state index contributed by atoms with van der Waals surface area (Å²) in [5.41, 5.74) is 6.26. The second-order valence-electron chi connectivity index (χ2n) is 5.66. The van der Waals surface area contributed by atoms with Gasteiger partial charge in [-0.3, -0.25) is 14.5 Å². The summed E-state index contributed by atoms with van der Waals surface area (Å²) in [7, 11) is 0. The Morgan fingerprint density at radius 1 is 1.17 bits per heavy atom. The third-order valence-electron chi connectivity index (χ3n) is 3.99. The number of nitrogens with two attached hydrogens (primary N) is 1. The van der Waals surface area contributed by atoms with E-state index in [2.05, 4.69) is 0 Å². The van der Waals surface area contributed by atoms with Crippen molar-refractivity contribution in [3.05, 3.63) is 29.8 Å². The second kappa shape index (κ2) is 8.53. The van der Waals surface area contributed by atoms with Crippen LogP contribution in [0.4, 0.5) is 0 Å². The van der Waals surface area contributed by atoms with E-state index in [-0.39, 0.29) is 18.4 Å². The maximum Gasteiger partial charge on any atom is 0.231 e. The topological polar surface area (TPSA) is 75.9 Å². The summed E-state index contributed by atoms with van der Waals surface area (Å²) in [4.78, 5) is 27.1. The lowest BCUT2D eigenvalue weighted by molar-refractivity contribution is -0.133. The van der Waals surface area contributed by atoms with Crippen LogP contribution in [0.5, 0.6) is 5.75 Å². The van der Waals surface area contributed by atoms with Gasteiger partial charge in [-0.2, -0.15) is 0 Å². The number of ether oxygens (including phenoxy) is 1. The lowest BCUT2D eigenvalue weighted by atomic mass is 10.1. The predicted octanol–water partition coefficient (Wildman–Crippen LogP) is 0.647. The van der Waals surface area contributed by atoms with Gasteiger partial charge in [-0.15, -0.1) is 0 Å². The van der Waals surface area contributed by atoms with Crippen LogP contribution in [0.25, 0.3) is 0 Å². The Labute approximate surface area is 137 Å². The van der Waals surface area contributed by atoms with Gasteiger partial charge in [0.2, 0.25) is 11.8 Å². The normalized spacial score (nSPS) is 15.4. The van der Waals surface area contributed by atoms with E-state index >= 15 is 0 Å². The Bertz CT molecular complexity index is 540. The molecule has 1 heterocycles. The van der Waals surface area contributed by atoms with Crippen molar-refractivity contribution in [3.8, 4) is 5.75 Å². The van der Waals surface area contributed by atoms with Crippen molar-refractivity contribution in [2.75, 3.05) is 39.3 Å². The maximum atomic E-state index is 12.3. The highest BCUT2D eigenvalue weighted by atomic mass is 16.5. The molecule has 1 fully saturated rings. The molecule has 0 aromatic heterocycles. The smallest absolute Gasteiger partial charge is 0.231 e. The molecule has 0 bridgehead atoms. The molecule has 1 saturated heterocycles. The highest BCUT2D eigenvalue weighted by molar-refractivity contribution is 5.77. The number of aryl methyl sites for hydroxylation is 1. The summed E-state index contributed by atoms with van der Waals surface area (Å²) in [5, 5.41) is 0. The first-order valence-corrected chi connectivity index (χ1v) is 8.09. The molecule has 0 spiro atoms. The zero-order chi connectivity index (χ0) is 16.7. The molecule has 0 atom stereocenters. The van der Waals surface area contributed by atoms with Crippen molar-refractivity contribution in [1.82, 2.24) is 9.80 Å². The van der Waals surface area contributed by atoms with Gasteiger partial charge in [-0.1, -0.05) is 18.2 Å². The molecule has 2 N–H and O–H groups in total. The van der Waals surface area contributed by atoms with E-state index in [9.17, 15) is 9.59 Å². The minimum absolute atomic E-state index is 0.148. The average molecular weight is 319 g/mol. The monoisotopic (exact) mass is 319 g/mol. The van der Waals surface area contributed by atoms with Crippen LogP contribution in [-0.4, -0.2) is 60.9 Å². The summed E-state index contributed by atoms with van der Waals surface area (Å²) >= 11 is 0. The van der Waals surface area contributed by atoms with Crippen molar-refractivity contribution in [3.63, 3.8) is 0 Å². The molecule has 0 aliphatic carbocycles. The zero-order valence-corrected chi connectivity index (χ0v) is 13.7. The quantitative estimate of drug-likeness (QED) is 0.800. The van der Waals surface area contributed by atoms with Crippen LogP contribution >= 0.6 is 0 Å². The number of hydrogen-bond donors (Lipinski definition) is 1. The summed E-state index contributed by atoms with van der Waals surface area (Å²) < 4.78 is 5.59. The molecule has 2 amide bonds.